The number of amides is 1. The Morgan fingerprint density at radius 3 is 2.44 bits per heavy atom. The molecule has 1 amide bonds. The maximum Gasteiger partial charge on any atom is 0.257 e. The number of sulfonamides is 1. The number of hydrogen-bond acceptors (Lipinski definition) is 5. The molecule has 8 heteroatoms. The highest BCUT2D eigenvalue weighted by molar-refractivity contribution is 7.92. The third-order valence-corrected chi connectivity index (χ3v) is 8.30. The monoisotopic (exact) mass is 479 g/mol. The van der Waals surface area contributed by atoms with Crippen LogP contribution in [0.3, 0.4) is 0 Å². The van der Waals surface area contributed by atoms with E-state index in [2.05, 4.69) is 14.9 Å². The van der Waals surface area contributed by atoms with Crippen molar-refractivity contribution in [2.45, 2.75) is 25.7 Å². The molecule has 0 aromatic heterocycles. The lowest BCUT2D eigenvalue weighted by Gasteiger charge is -2.35. The van der Waals surface area contributed by atoms with Crippen LogP contribution in [-0.4, -0.2) is 44.9 Å². The lowest BCUT2D eigenvalue weighted by Crippen LogP contribution is -2.35. The number of fused-ring (bicyclic) bond motifs is 1. The van der Waals surface area contributed by atoms with Gasteiger partial charge in [-0.05, 0) is 60.7 Å². The van der Waals surface area contributed by atoms with E-state index < -0.39 is 16.6 Å². The topological polar surface area (TPSA) is 98.7 Å². The molecule has 1 aliphatic carbocycles. The van der Waals surface area contributed by atoms with E-state index in [9.17, 15) is 13.2 Å². The third-order valence-electron chi connectivity index (χ3n) is 7.04. The fourth-order valence-corrected chi connectivity index (χ4v) is 5.65. The van der Waals surface area contributed by atoms with Gasteiger partial charge in [-0.15, -0.1) is 0 Å². The largest absolute Gasteiger partial charge is 0.395 e. The van der Waals surface area contributed by atoms with Crippen molar-refractivity contribution >= 4 is 43.8 Å². The van der Waals surface area contributed by atoms with Crippen molar-refractivity contribution in [3.05, 3.63) is 66.2 Å². The normalized spacial score (nSPS) is 17.0. The number of carbonyl (C=O) groups excluding carboxylic acids is 1. The summed E-state index contributed by atoms with van der Waals surface area (Å²) in [5.41, 5.74) is 2.82. The molecule has 1 saturated heterocycles. The summed E-state index contributed by atoms with van der Waals surface area (Å²) in [6.45, 7) is 1.21. The average molecular weight is 480 g/mol. The van der Waals surface area contributed by atoms with Crippen LogP contribution in [0.2, 0.25) is 0 Å². The van der Waals surface area contributed by atoms with Crippen LogP contribution in [0.25, 0.3) is 10.8 Å². The van der Waals surface area contributed by atoms with E-state index >= 15 is 0 Å². The summed E-state index contributed by atoms with van der Waals surface area (Å²) in [6, 6.07) is 18.7. The van der Waals surface area contributed by atoms with Crippen LogP contribution in [0, 0.1) is 5.41 Å². The second kappa shape index (κ2) is 8.92. The Balaban J connectivity index is 1.46. The molecular weight excluding hydrogens is 450 g/mol. The Morgan fingerprint density at radius 2 is 1.71 bits per heavy atom. The van der Waals surface area contributed by atoms with Crippen molar-refractivity contribution in [1.82, 2.24) is 0 Å². The second-order valence-corrected chi connectivity index (χ2v) is 11.2. The van der Waals surface area contributed by atoms with Crippen LogP contribution in [0.1, 0.15) is 36.0 Å². The highest BCUT2D eigenvalue weighted by Gasteiger charge is 2.44. The molecule has 5 rings (SSSR count). The minimum absolute atomic E-state index is 0.233. The predicted octanol–water partition coefficient (Wildman–Crippen LogP) is 4.21. The molecule has 0 bridgehead atoms. The van der Waals surface area contributed by atoms with E-state index in [1.165, 1.54) is 12.8 Å². The van der Waals surface area contributed by atoms with E-state index in [-0.39, 0.29) is 11.7 Å². The van der Waals surface area contributed by atoms with Crippen LogP contribution in [0.15, 0.2) is 60.7 Å². The number of aliphatic hydroxyl groups is 1. The Bertz CT molecular complexity index is 1320. The molecule has 7 nitrogen and oxygen atoms in total. The van der Waals surface area contributed by atoms with Crippen LogP contribution >= 0.6 is 0 Å². The van der Waals surface area contributed by atoms with E-state index in [4.69, 9.17) is 5.11 Å². The molecule has 1 spiro atoms. The molecule has 3 aromatic rings. The minimum atomic E-state index is -3.67. The number of anilines is 3. The SMILES string of the molecule is O=C(Nc1cccc2ccccc12)c1ccc(NS(=O)(=O)CCO)cc1N1CCC2(CC1)CC2. The zero-order valence-electron chi connectivity index (χ0n) is 19.0. The summed E-state index contributed by atoms with van der Waals surface area (Å²) in [7, 11) is -3.67. The summed E-state index contributed by atoms with van der Waals surface area (Å²) in [6.07, 6.45) is 4.71. The molecule has 3 N–H and O–H groups in total. The smallest absolute Gasteiger partial charge is 0.257 e. The van der Waals surface area contributed by atoms with Crippen LogP contribution < -0.4 is 14.9 Å². The Hall–Kier alpha value is -3.10. The molecule has 0 unspecified atom stereocenters. The molecule has 0 atom stereocenters. The fraction of sp³-hybridized carbons (Fsp3) is 0.346. The van der Waals surface area contributed by atoms with E-state index in [0.29, 0.717) is 16.7 Å². The van der Waals surface area contributed by atoms with Crippen molar-refractivity contribution < 1.29 is 18.3 Å². The average Bonchev–Trinajstić information content (AvgIpc) is 3.58. The lowest BCUT2D eigenvalue weighted by molar-refractivity contribution is 0.102. The first-order valence-electron chi connectivity index (χ1n) is 11.7. The molecule has 34 heavy (non-hydrogen) atoms. The van der Waals surface area contributed by atoms with Crippen molar-refractivity contribution in [2.75, 3.05) is 40.4 Å². The van der Waals surface area contributed by atoms with Crippen LogP contribution in [0.4, 0.5) is 17.1 Å². The van der Waals surface area contributed by atoms with E-state index in [1.807, 2.05) is 42.5 Å². The molecule has 1 saturated carbocycles. The highest BCUT2D eigenvalue weighted by Crippen LogP contribution is 2.54. The van der Waals surface area contributed by atoms with Gasteiger partial charge in [0, 0.05) is 24.2 Å². The minimum Gasteiger partial charge on any atom is -0.395 e. The number of nitrogens with one attached hydrogen (secondary N) is 2. The summed E-state index contributed by atoms with van der Waals surface area (Å²) in [4.78, 5) is 15.6. The zero-order chi connectivity index (χ0) is 23.8. The Kier molecular flexibility index (Phi) is 5.95. The standard InChI is InChI=1S/C26H29N3O4S/c30-16-17-34(32,33)28-20-8-9-22(24(18-20)29-14-12-26(10-11-26)13-15-29)25(31)27-23-7-3-5-19-4-1-2-6-21(19)23/h1-9,18,28,30H,10-17H2,(H,27,31). The first-order chi connectivity index (χ1) is 16.4. The highest BCUT2D eigenvalue weighted by atomic mass is 32.2. The van der Waals surface area contributed by atoms with Gasteiger partial charge in [0.15, 0.2) is 0 Å². The number of aliphatic hydroxyl groups excluding tert-OH is 1. The molecule has 3 aromatic carbocycles. The van der Waals surface area contributed by atoms with Crippen LogP contribution in [-0.2, 0) is 10.0 Å². The molecule has 2 aliphatic rings. The van der Waals surface area contributed by atoms with Gasteiger partial charge in [0.05, 0.1) is 29.3 Å². The quantitative estimate of drug-likeness (QED) is 0.472. The molecule has 1 heterocycles. The lowest BCUT2D eigenvalue weighted by atomic mass is 9.93. The van der Waals surface area contributed by atoms with Gasteiger partial charge in [0.2, 0.25) is 10.0 Å². The second-order valence-electron chi connectivity index (χ2n) is 9.34. The van der Waals surface area contributed by atoms with Crippen molar-refractivity contribution in [3.8, 4) is 0 Å². The fourth-order valence-electron chi connectivity index (χ4n) is 4.82. The van der Waals surface area contributed by atoms with Crippen LogP contribution in [0.5, 0.6) is 0 Å². The number of benzene rings is 3. The van der Waals surface area contributed by atoms with Crippen molar-refractivity contribution in [1.29, 1.82) is 0 Å². The Labute approximate surface area is 199 Å². The third kappa shape index (κ3) is 4.74. The zero-order valence-corrected chi connectivity index (χ0v) is 19.8. The predicted molar refractivity (Wildman–Crippen MR) is 136 cm³/mol. The molecular formula is C26H29N3O4S. The first kappa shape index (κ1) is 22.7. The molecule has 178 valence electrons. The summed E-state index contributed by atoms with van der Waals surface area (Å²) < 4.78 is 26.9. The van der Waals surface area contributed by atoms with Gasteiger partial charge in [-0.2, -0.15) is 0 Å². The number of hydrogen-bond donors (Lipinski definition) is 3. The molecule has 0 radical (unpaired) electrons. The van der Waals surface area contributed by atoms with E-state index in [0.717, 1.165) is 48.1 Å². The van der Waals surface area contributed by atoms with Gasteiger partial charge in [-0.3, -0.25) is 9.52 Å². The summed E-state index contributed by atoms with van der Waals surface area (Å²) in [5.74, 6) is -0.611. The van der Waals surface area contributed by atoms with E-state index in [1.54, 1.807) is 18.2 Å². The number of nitrogens with zero attached hydrogens (tertiary/aromatic N) is 1. The van der Waals surface area contributed by atoms with Gasteiger partial charge in [0.1, 0.15) is 0 Å². The van der Waals surface area contributed by atoms with Gasteiger partial charge < -0.3 is 15.3 Å². The molecule has 2 fully saturated rings. The summed E-state index contributed by atoms with van der Waals surface area (Å²) >= 11 is 0. The maximum atomic E-state index is 13.5. The van der Waals surface area contributed by atoms with Gasteiger partial charge in [-0.1, -0.05) is 36.4 Å². The molecule has 1 aliphatic heterocycles. The number of rotatable bonds is 7. The summed E-state index contributed by atoms with van der Waals surface area (Å²) in [5, 5.41) is 14.1. The van der Waals surface area contributed by atoms with Gasteiger partial charge in [-0.25, -0.2) is 8.42 Å². The van der Waals surface area contributed by atoms with Gasteiger partial charge in [0.25, 0.3) is 5.91 Å². The maximum absolute atomic E-state index is 13.5. The van der Waals surface area contributed by atoms with Gasteiger partial charge >= 0.3 is 0 Å². The van der Waals surface area contributed by atoms with Crippen molar-refractivity contribution in [3.63, 3.8) is 0 Å². The first-order valence-corrected chi connectivity index (χ1v) is 13.3. The number of piperidine rings is 1. The van der Waals surface area contributed by atoms with Crippen molar-refractivity contribution in [2.24, 2.45) is 5.41 Å². The Morgan fingerprint density at radius 1 is 0.971 bits per heavy atom. The number of carbonyl (C=O) groups is 1.